The minimum atomic E-state index is -0.947. The summed E-state index contributed by atoms with van der Waals surface area (Å²) in [7, 11) is 1.64. The van der Waals surface area contributed by atoms with Crippen molar-refractivity contribution >= 4 is 17.4 Å². The molecule has 6 heteroatoms. The number of anilines is 1. The molecule has 1 aromatic heterocycles. The zero-order valence-corrected chi connectivity index (χ0v) is 15.3. The minimum Gasteiger partial charge on any atom is -0.497 e. The first-order valence-electron chi connectivity index (χ1n) is 8.91. The van der Waals surface area contributed by atoms with Crippen LogP contribution in [0.4, 0.5) is 5.69 Å². The number of carbonyl (C=O) groups is 1. The Morgan fingerprint density at radius 2 is 1.82 bits per heavy atom. The van der Waals surface area contributed by atoms with E-state index in [2.05, 4.69) is 4.98 Å². The first-order chi connectivity index (χ1) is 13.7. The first kappa shape index (κ1) is 17.7. The summed E-state index contributed by atoms with van der Waals surface area (Å²) in [6, 6.07) is 20.4. The van der Waals surface area contributed by atoms with Crippen LogP contribution in [0.2, 0.25) is 0 Å². The van der Waals surface area contributed by atoms with Gasteiger partial charge in [0.15, 0.2) is 0 Å². The van der Waals surface area contributed by atoms with Gasteiger partial charge in [0.2, 0.25) is 0 Å². The molecule has 140 valence electrons. The zero-order chi connectivity index (χ0) is 19.5. The Morgan fingerprint density at radius 1 is 1.07 bits per heavy atom. The van der Waals surface area contributed by atoms with E-state index < -0.39 is 5.97 Å². The largest absolute Gasteiger partial charge is 0.497 e. The van der Waals surface area contributed by atoms with Crippen LogP contribution in [0.25, 0.3) is 0 Å². The van der Waals surface area contributed by atoms with Crippen molar-refractivity contribution in [2.45, 2.75) is 12.5 Å². The quantitative estimate of drug-likeness (QED) is 0.727. The minimum absolute atomic E-state index is 0.0152. The fourth-order valence-electron chi connectivity index (χ4n) is 3.28. The van der Waals surface area contributed by atoms with Gasteiger partial charge in [-0.15, -0.1) is 0 Å². The normalized spacial score (nSPS) is 16.0. The number of benzene rings is 2. The van der Waals surface area contributed by atoms with Crippen LogP contribution in [0.5, 0.6) is 5.75 Å². The molecule has 0 spiro atoms. The second-order valence-electron chi connectivity index (χ2n) is 6.45. The van der Waals surface area contributed by atoms with Gasteiger partial charge in [0, 0.05) is 12.6 Å². The molecule has 6 nitrogen and oxygen atoms in total. The standard InChI is InChI=1S/C22H19N3O3/c1-28-18-11-7-15(8-12-18)21-14-20(19-4-2-3-13-23-19)24-25(21)17-9-5-16(6-10-17)22(26)27/h2-13,21H,14H2,1H3,(H,26,27). The van der Waals surface area contributed by atoms with E-state index in [9.17, 15) is 4.79 Å². The predicted molar refractivity (Wildman–Crippen MR) is 107 cm³/mol. The van der Waals surface area contributed by atoms with Crippen LogP contribution in [0.1, 0.15) is 34.1 Å². The molecule has 0 saturated carbocycles. The highest BCUT2D eigenvalue weighted by molar-refractivity contribution is 6.01. The highest BCUT2D eigenvalue weighted by Crippen LogP contribution is 2.37. The number of aromatic carboxylic acids is 1. The highest BCUT2D eigenvalue weighted by atomic mass is 16.5. The second kappa shape index (κ2) is 7.52. The third-order valence-corrected chi connectivity index (χ3v) is 4.75. The summed E-state index contributed by atoms with van der Waals surface area (Å²) in [5.74, 6) is -0.151. The van der Waals surface area contributed by atoms with Crippen molar-refractivity contribution < 1.29 is 14.6 Å². The Balaban J connectivity index is 1.72. The van der Waals surface area contributed by atoms with Crippen molar-refractivity contribution in [2.24, 2.45) is 5.10 Å². The number of methoxy groups -OCH3 is 1. The van der Waals surface area contributed by atoms with Crippen LogP contribution in [-0.4, -0.2) is 28.9 Å². The Labute approximate surface area is 162 Å². The van der Waals surface area contributed by atoms with Crippen molar-refractivity contribution in [3.63, 3.8) is 0 Å². The number of rotatable bonds is 5. The maximum absolute atomic E-state index is 11.2. The lowest BCUT2D eigenvalue weighted by Crippen LogP contribution is -2.18. The predicted octanol–water partition coefficient (Wildman–Crippen LogP) is 4.14. The van der Waals surface area contributed by atoms with E-state index in [4.69, 9.17) is 14.9 Å². The maximum Gasteiger partial charge on any atom is 0.335 e. The van der Waals surface area contributed by atoms with Gasteiger partial charge in [0.1, 0.15) is 5.75 Å². The molecule has 1 aliphatic rings. The molecule has 2 heterocycles. The van der Waals surface area contributed by atoms with Gasteiger partial charge in [-0.3, -0.25) is 9.99 Å². The van der Waals surface area contributed by atoms with Gasteiger partial charge in [-0.25, -0.2) is 4.79 Å². The lowest BCUT2D eigenvalue weighted by atomic mass is 10.00. The molecule has 1 atom stereocenters. The third kappa shape index (κ3) is 3.44. The molecule has 4 rings (SSSR count). The van der Waals surface area contributed by atoms with Gasteiger partial charge in [-0.05, 0) is 54.1 Å². The fourth-order valence-corrected chi connectivity index (χ4v) is 3.28. The van der Waals surface area contributed by atoms with E-state index in [0.29, 0.717) is 6.42 Å². The molecular formula is C22H19N3O3. The van der Waals surface area contributed by atoms with Gasteiger partial charge in [0.05, 0.1) is 35.8 Å². The highest BCUT2D eigenvalue weighted by Gasteiger charge is 2.30. The van der Waals surface area contributed by atoms with Crippen LogP contribution >= 0.6 is 0 Å². The molecule has 1 N–H and O–H groups in total. The summed E-state index contributed by atoms with van der Waals surface area (Å²) in [4.78, 5) is 15.6. The molecule has 0 fully saturated rings. The summed E-state index contributed by atoms with van der Waals surface area (Å²) in [6.45, 7) is 0. The van der Waals surface area contributed by atoms with Gasteiger partial charge in [-0.1, -0.05) is 18.2 Å². The molecule has 28 heavy (non-hydrogen) atoms. The number of aromatic nitrogens is 1. The monoisotopic (exact) mass is 373 g/mol. The maximum atomic E-state index is 11.2. The lowest BCUT2D eigenvalue weighted by Gasteiger charge is -2.24. The summed E-state index contributed by atoms with van der Waals surface area (Å²) >= 11 is 0. The van der Waals surface area contributed by atoms with Crippen LogP contribution in [0, 0.1) is 0 Å². The summed E-state index contributed by atoms with van der Waals surface area (Å²) in [6.07, 6.45) is 2.45. The molecule has 0 aliphatic carbocycles. The lowest BCUT2D eigenvalue weighted by molar-refractivity contribution is 0.0697. The number of nitrogens with zero attached hydrogens (tertiary/aromatic N) is 3. The SMILES string of the molecule is COc1ccc(C2CC(c3ccccn3)=NN2c2ccc(C(=O)O)cc2)cc1. The first-order valence-corrected chi connectivity index (χ1v) is 8.91. The summed E-state index contributed by atoms with van der Waals surface area (Å²) < 4.78 is 5.26. The van der Waals surface area contributed by atoms with E-state index in [-0.39, 0.29) is 11.6 Å². The molecule has 0 saturated heterocycles. The van der Waals surface area contributed by atoms with Crippen molar-refractivity contribution in [1.29, 1.82) is 0 Å². The van der Waals surface area contributed by atoms with Crippen LogP contribution in [0.3, 0.4) is 0 Å². The van der Waals surface area contributed by atoms with E-state index >= 15 is 0 Å². The zero-order valence-electron chi connectivity index (χ0n) is 15.3. The fraction of sp³-hybridized carbons (Fsp3) is 0.136. The van der Waals surface area contributed by atoms with E-state index in [0.717, 1.165) is 28.4 Å². The molecule has 1 unspecified atom stereocenters. The molecule has 0 amide bonds. The van der Waals surface area contributed by atoms with Crippen LogP contribution in [-0.2, 0) is 0 Å². The van der Waals surface area contributed by atoms with Gasteiger partial charge < -0.3 is 9.84 Å². The van der Waals surface area contributed by atoms with E-state index in [1.54, 1.807) is 37.6 Å². The topological polar surface area (TPSA) is 75.0 Å². The number of carboxylic acids is 1. The molecule has 0 bridgehead atoms. The van der Waals surface area contributed by atoms with Crippen molar-refractivity contribution in [2.75, 3.05) is 12.1 Å². The Morgan fingerprint density at radius 3 is 2.43 bits per heavy atom. The van der Waals surface area contributed by atoms with E-state index in [1.807, 2.05) is 47.5 Å². The average molecular weight is 373 g/mol. The number of hydrogen-bond acceptors (Lipinski definition) is 5. The number of hydrazone groups is 1. The second-order valence-corrected chi connectivity index (χ2v) is 6.45. The van der Waals surface area contributed by atoms with Crippen LogP contribution in [0.15, 0.2) is 78.0 Å². The number of carboxylic acid groups (broad SMARTS) is 1. The van der Waals surface area contributed by atoms with Crippen molar-refractivity contribution in [3.8, 4) is 5.75 Å². The Kier molecular flexibility index (Phi) is 4.76. The number of hydrogen-bond donors (Lipinski definition) is 1. The molecular weight excluding hydrogens is 354 g/mol. The number of ether oxygens (including phenoxy) is 1. The van der Waals surface area contributed by atoms with Crippen molar-refractivity contribution in [1.82, 2.24) is 4.98 Å². The molecule has 0 radical (unpaired) electrons. The molecule has 1 aliphatic heterocycles. The van der Waals surface area contributed by atoms with Gasteiger partial charge >= 0.3 is 5.97 Å². The Hall–Kier alpha value is -3.67. The molecule has 3 aromatic rings. The molecule has 2 aromatic carbocycles. The van der Waals surface area contributed by atoms with Crippen molar-refractivity contribution in [3.05, 3.63) is 89.7 Å². The smallest absolute Gasteiger partial charge is 0.335 e. The van der Waals surface area contributed by atoms with Gasteiger partial charge in [-0.2, -0.15) is 5.10 Å². The van der Waals surface area contributed by atoms with Gasteiger partial charge in [0.25, 0.3) is 0 Å². The van der Waals surface area contributed by atoms with Crippen LogP contribution < -0.4 is 9.75 Å². The third-order valence-electron chi connectivity index (χ3n) is 4.75. The number of pyridine rings is 1. The average Bonchev–Trinajstić information content (AvgIpc) is 3.20. The summed E-state index contributed by atoms with van der Waals surface area (Å²) in [5, 5.41) is 15.9. The summed E-state index contributed by atoms with van der Waals surface area (Å²) in [5.41, 5.74) is 3.90. The Bertz CT molecular complexity index is 999. The van der Waals surface area contributed by atoms with E-state index in [1.165, 1.54) is 0 Å².